The third-order valence-corrected chi connectivity index (χ3v) is 4.31. The lowest BCUT2D eigenvalue weighted by atomic mass is 10.2. The van der Waals surface area contributed by atoms with Crippen molar-refractivity contribution in [2.45, 2.75) is 6.92 Å². The summed E-state index contributed by atoms with van der Waals surface area (Å²) < 4.78 is 10.9. The number of hydrazone groups is 1. The Balaban J connectivity index is 1.71. The van der Waals surface area contributed by atoms with Gasteiger partial charge in [0.1, 0.15) is 5.75 Å². The highest BCUT2D eigenvalue weighted by Gasteiger charge is 2.15. The molecule has 1 amide bonds. The summed E-state index contributed by atoms with van der Waals surface area (Å²) in [7, 11) is 0. The number of carbonyl (C=O) groups is 2. The fourth-order valence-electron chi connectivity index (χ4n) is 2.73. The number of hydrogen-bond donors (Lipinski definition) is 2. The van der Waals surface area contributed by atoms with Crippen LogP contribution in [0.4, 0.5) is 5.69 Å². The van der Waals surface area contributed by atoms with E-state index in [0.717, 1.165) is 0 Å². The molecule has 2 N–H and O–H groups in total. The van der Waals surface area contributed by atoms with Crippen molar-refractivity contribution in [2.24, 2.45) is 5.10 Å². The van der Waals surface area contributed by atoms with Crippen LogP contribution >= 0.6 is 0 Å². The number of nitro benzene ring substituents is 1. The monoisotopic (exact) mass is 449 g/mol. The number of nitrogens with zero attached hydrogens (tertiary/aromatic N) is 2. The number of nitro groups is 1. The first kappa shape index (κ1) is 22.9. The van der Waals surface area contributed by atoms with Gasteiger partial charge in [-0.05, 0) is 55.0 Å². The highest BCUT2D eigenvalue weighted by atomic mass is 16.6. The van der Waals surface area contributed by atoms with Crippen molar-refractivity contribution >= 4 is 23.8 Å². The van der Waals surface area contributed by atoms with Crippen LogP contribution in [-0.2, 0) is 0 Å². The van der Waals surface area contributed by atoms with Crippen LogP contribution in [0, 0.1) is 10.1 Å². The smallest absolute Gasteiger partial charge is 0.343 e. The molecule has 0 radical (unpaired) electrons. The van der Waals surface area contributed by atoms with E-state index < -0.39 is 16.8 Å². The lowest BCUT2D eigenvalue weighted by Crippen LogP contribution is -2.17. The largest absolute Gasteiger partial charge is 0.507 e. The zero-order valence-corrected chi connectivity index (χ0v) is 17.4. The molecule has 0 saturated heterocycles. The lowest BCUT2D eigenvalue weighted by Gasteiger charge is -2.11. The molecule has 0 aliphatic heterocycles. The second kappa shape index (κ2) is 10.5. The Morgan fingerprint density at radius 3 is 2.48 bits per heavy atom. The third kappa shape index (κ3) is 5.91. The maximum atomic E-state index is 12.4. The number of para-hydroxylation sites is 1. The average molecular weight is 449 g/mol. The molecule has 3 aromatic carbocycles. The van der Waals surface area contributed by atoms with Crippen LogP contribution in [0.5, 0.6) is 17.2 Å². The highest BCUT2D eigenvalue weighted by Crippen LogP contribution is 2.29. The number of non-ortho nitro benzene ring substituents is 1. The lowest BCUT2D eigenvalue weighted by molar-refractivity contribution is -0.384. The maximum absolute atomic E-state index is 12.4. The maximum Gasteiger partial charge on any atom is 0.343 e. The molecule has 168 valence electrons. The molecule has 0 spiro atoms. The molecule has 0 aliphatic carbocycles. The number of nitrogens with one attached hydrogen (secondary N) is 1. The van der Waals surface area contributed by atoms with Crippen molar-refractivity contribution in [3.63, 3.8) is 0 Å². The quantitative estimate of drug-likeness (QED) is 0.176. The van der Waals surface area contributed by atoms with E-state index in [2.05, 4.69) is 10.5 Å². The Labute approximate surface area is 188 Å². The molecule has 0 bridgehead atoms. The first-order valence-corrected chi connectivity index (χ1v) is 9.74. The van der Waals surface area contributed by atoms with Gasteiger partial charge < -0.3 is 14.6 Å². The number of phenolic OH excluding ortho intramolecular Hbond substituents is 1. The number of esters is 1. The number of rotatable bonds is 8. The molecule has 10 heteroatoms. The molecular weight excluding hydrogens is 430 g/mol. The van der Waals surface area contributed by atoms with Gasteiger partial charge in [-0.3, -0.25) is 14.9 Å². The van der Waals surface area contributed by atoms with Crippen molar-refractivity contribution < 1.29 is 29.1 Å². The molecular formula is C23H19N3O7. The number of phenols is 1. The standard InChI is InChI=1S/C23H19N3O7/c1-2-32-21-13-15(14-24-25-22(28)18-5-3-4-6-19(18)27)7-12-20(21)33-23(29)16-8-10-17(11-9-16)26(30)31/h3-14,27H,2H2,1H3,(H,25,28)/b24-14-. The number of carbonyl (C=O) groups excluding carboxylic acids is 2. The Morgan fingerprint density at radius 1 is 1.09 bits per heavy atom. The number of benzene rings is 3. The van der Waals surface area contributed by atoms with Gasteiger partial charge in [-0.15, -0.1) is 0 Å². The molecule has 0 fully saturated rings. The summed E-state index contributed by atoms with van der Waals surface area (Å²) in [6.07, 6.45) is 1.36. The molecule has 3 rings (SSSR count). The van der Waals surface area contributed by atoms with Gasteiger partial charge in [-0.25, -0.2) is 10.2 Å². The average Bonchev–Trinajstić information content (AvgIpc) is 2.81. The number of aromatic hydroxyl groups is 1. The van der Waals surface area contributed by atoms with E-state index in [1.54, 1.807) is 31.2 Å². The fraction of sp³-hybridized carbons (Fsp3) is 0.0870. The second-order valence-corrected chi connectivity index (χ2v) is 6.55. The first-order valence-electron chi connectivity index (χ1n) is 9.74. The van der Waals surface area contributed by atoms with Crippen molar-refractivity contribution in [1.29, 1.82) is 0 Å². The van der Waals surface area contributed by atoms with Gasteiger partial charge in [-0.1, -0.05) is 12.1 Å². The minimum absolute atomic E-state index is 0.0816. The highest BCUT2D eigenvalue weighted by molar-refractivity contribution is 5.97. The third-order valence-electron chi connectivity index (χ3n) is 4.31. The summed E-state index contributed by atoms with van der Waals surface area (Å²) in [5.74, 6) is -1.03. The molecule has 0 atom stereocenters. The Morgan fingerprint density at radius 2 is 1.82 bits per heavy atom. The number of amides is 1. The van der Waals surface area contributed by atoms with Gasteiger partial charge in [0.05, 0.1) is 28.9 Å². The molecule has 3 aromatic rings. The van der Waals surface area contributed by atoms with Crippen molar-refractivity contribution in [3.8, 4) is 17.2 Å². The molecule has 0 aliphatic rings. The first-order chi connectivity index (χ1) is 15.9. The van der Waals surface area contributed by atoms with Gasteiger partial charge in [0.15, 0.2) is 11.5 Å². The molecule has 0 saturated carbocycles. The van der Waals surface area contributed by atoms with Crippen LogP contribution in [0.25, 0.3) is 0 Å². The molecule has 0 aromatic heterocycles. The van der Waals surface area contributed by atoms with Crippen LogP contribution in [0.2, 0.25) is 0 Å². The van der Waals surface area contributed by atoms with E-state index in [4.69, 9.17) is 9.47 Å². The topological polar surface area (TPSA) is 140 Å². The summed E-state index contributed by atoms with van der Waals surface area (Å²) in [5, 5.41) is 24.3. The van der Waals surface area contributed by atoms with E-state index in [0.29, 0.717) is 12.2 Å². The van der Waals surface area contributed by atoms with Crippen LogP contribution in [0.1, 0.15) is 33.2 Å². The van der Waals surface area contributed by atoms with Gasteiger partial charge in [0, 0.05) is 12.1 Å². The fourth-order valence-corrected chi connectivity index (χ4v) is 2.73. The molecule has 0 heterocycles. The van der Waals surface area contributed by atoms with Crippen molar-refractivity contribution in [3.05, 3.63) is 93.5 Å². The number of hydrogen-bond acceptors (Lipinski definition) is 8. The van der Waals surface area contributed by atoms with Crippen molar-refractivity contribution in [1.82, 2.24) is 5.43 Å². The molecule has 0 unspecified atom stereocenters. The summed E-state index contributed by atoms with van der Waals surface area (Å²) in [5.41, 5.74) is 2.95. The van der Waals surface area contributed by atoms with Crippen LogP contribution < -0.4 is 14.9 Å². The normalized spacial score (nSPS) is 10.6. The van der Waals surface area contributed by atoms with E-state index >= 15 is 0 Å². The van der Waals surface area contributed by atoms with Gasteiger partial charge in [0.2, 0.25) is 0 Å². The van der Waals surface area contributed by atoms with E-state index in [-0.39, 0.29) is 34.1 Å². The Hall–Kier alpha value is -4.73. The Bertz CT molecular complexity index is 1210. The van der Waals surface area contributed by atoms with Gasteiger partial charge in [-0.2, -0.15) is 5.10 Å². The predicted octanol–water partition coefficient (Wildman–Crippen LogP) is 3.68. The zero-order chi connectivity index (χ0) is 23.8. The van der Waals surface area contributed by atoms with Crippen LogP contribution in [-0.4, -0.2) is 34.7 Å². The summed E-state index contributed by atoms with van der Waals surface area (Å²) in [4.78, 5) is 34.7. The summed E-state index contributed by atoms with van der Waals surface area (Å²) in [6.45, 7) is 2.06. The molecule has 10 nitrogen and oxygen atoms in total. The second-order valence-electron chi connectivity index (χ2n) is 6.55. The minimum atomic E-state index is -0.706. The van der Waals surface area contributed by atoms with Gasteiger partial charge >= 0.3 is 5.97 Å². The van der Waals surface area contributed by atoms with E-state index in [1.807, 2.05) is 0 Å². The number of ether oxygens (including phenoxy) is 2. The van der Waals surface area contributed by atoms with E-state index in [1.165, 1.54) is 48.7 Å². The summed E-state index contributed by atoms with van der Waals surface area (Å²) >= 11 is 0. The predicted molar refractivity (Wildman–Crippen MR) is 119 cm³/mol. The van der Waals surface area contributed by atoms with Gasteiger partial charge in [0.25, 0.3) is 11.6 Å². The van der Waals surface area contributed by atoms with E-state index in [9.17, 15) is 24.8 Å². The summed E-state index contributed by atoms with van der Waals surface area (Å²) in [6, 6.07) is 15.8. The Kier molecular flexibility index (Phi) is 7.32. The zero-order valence-electron chi connectivity index (χ0n) is 17.4. The van der Waals surface area contributed by atoms with Crippen molar-refractivity contribution in [2.75, 3.05) is 6.61 Å². The van der Waals surface area contributed by atoms with Crippen LogP contribution in [0.15, 0.2) is 71.8 Å². The minimum Gasteiger partial charge on any atom is -0.507 e. The SMILES string of the molecule is CCOc1cc(/C=N\NC(=O)c2ccccc2O)ccc1OC(=O)c1ccc([N+](=O)[O-])cc1. The van der Waals surface area contributed by atoms with Crippen LogP contribution in [0.3, 0.4) is 0 Å². The molecule has 33 heavy (non-hydrogen) atoms.